The molecule has 4 nitrogen and oxygen atoms in total. The fraction of sp³-hybridized carbons (Fsp3) is 0.231. The zero-order chi connectivity index (χ0) is 12.8. The smallest absolute Gasteiger partial charge is 0.317 e. The lowest BCUT2D eigenvalue weighted by Crippen LogP contribution is -2.32. The quantitative estimate of drug-likeness (QED) is 0.595. The van der Waals surface area contributed by atoms with Crippen LogP contribution in [0.3, 0.4) is 0 Å². The van der Waals surface area contributed by atoms with E-state index in [4.69, 9.17) is 5.11 Å². The maximum Gasteiger partial charge on any atom is 0.317 e. The van der Waals surface area contributed by atoms with Crippen molar-refractivity contribution in [3.8, 4) is 0 Å². The first-order chi connectivity index (χ1) is 8.02. The van der Waals surface area contributed by atoms with E-state index >= 15 is 0 Å². The summed E-state index contributed by atoms with van der Waals surface area (Å²) in [5.74, 6) is -3.34. The number of hydrogen-bond donors (Lipinski definition) is 2. The van der Waals surface area contributed by atoms with Crippen molar-refractivity contribution < 1.29 is 19.8 Å². The standard InChI is InChI=1S/C13H14O4/c1-9(14)12(13(16)17)11(15)8-7-10-5-3-2-4-6-10/h2-9,12,14H,1H3,(H,16,17). The Bertz CT molecular complexity index is 420. The van der Waals surface area contributed by atoms with Crippen molar-refractivity contribution in [1.82, 2.24) is 0 Å². The number of carbonyl (C=O) groups excluding carboxylic acids is 1. The molecule has 2 N–H and O–H groups in total. The average molecular weight is 234 g/mol. The van der Waals surface area contributed by atoms with Crippen LogP contribution < -0.4 is 0 Å². The topological polar surface area (TPSA) is 74.6 Å². The molecule has 2 unspecified atom stereocenters. The largest absolute Gasteiger partial charge is 0.481 e. The van der Waals surface area contributed by atoms with E-state index in [1.165, 1.54) is 19.1 Å². The minimum atomic E-state index is -1.41. The van der Waals surface area contributed by atoms with Crippen LogP contribution in [0.5, 0.6) is 0 Å². The van der Waals surface area contributed by atoms with E-state index in [9.17, 15) is 14.7 Å². The molecule has 0 fully saturated rings. The number of hydrogen-bond acceptors (Lipinski definition) is 3. The lowest BCUT2D eigenvalue weighted by Gasteiger charge is -2.11. The molecule has 0 aliphatic carbocycles. The van der Waals surface area contributed by atoms with Crippen LogP contribution in [-0.4, -0.2) is 28.1 Å². The Morgan fingerprint density at radius 1 is 1.24 bits per heavy atom. The van der Waals surface area contributed by atoms with Crippen LogP contribution in [0.15, 0.2) is 36.4 Å². The summed E-state index contributed by atoms with van der Waals surface area (Å²) in [5.41, 5.74) is 0.801. The van der Waals surface area contributed by atoms with Gasteiger partial charge in [-0.1, -0.05) is 36.4 Å². The zero-order valence-corrected chi connectivity index (χ0v) is 9.41. The molecule has 0 heterocycles. The van der Waals surface area contributed by atoms with Crippen molar-refractivity contribution in [3.63, 3.8) is 0 Å². The lowest BCUT2D eigenvalue weighted by atomic mass is 9.98. The second-order valence-electron chi connectivity index (χ2n) is 3.70. The number of carbonyl (C=O) groups is 2. The Morgan fingerprint density at radius 3 is 2.29 bits per heavy atom. The number of carboxylic acids is 1. The van der Waals surface area contributed by atoms with Gasteiger partial charge in [0, 0.05) is 0 Å². The fourth-order valence-corrected chi connectivity index (χ4v) is 1.41. The minimum Gasteiger partial charge on any atom is -0.481 e. The number of aliphatic hydroxyl groups is 1. The van der Waals surface area contributed by atoms with Crippen LogP contribution >= 0.6 is 0 Å². The first-order valence-electron chi connectivity index (χ1n) is 5.20. The van der Waals surface area contributed by atoms with Gasteiger partial charge in [0.2, 0.25) is 0 Å². The van der Waals surface area contributed by atoms with E-state index in [1.807, 2.05) is 18.2 Å². The van der Waals surface area contributed by atoms with Gasteiger partial charge in [-0.25, -0.2) is 0 Å². The van der Waals surface area contributed by atoms with Crippen molar-refractivity contribution in [2.75, 3.05) is 0 Å². The number of carboxylic acid groups (broad SMARTS) is 1. The normalized spacial score (nSPS) is 14.5. The molecular weight excluding hydrogens is 220 g/mol. The summed E-state index contributed by atoms with van der Waals surface area (Å²) in [6.07, 6.45) is 1.50. The summed E-state index contributed by atoms with van der Waals surface area (Å²) in [6, 6.07) is 9.06. The van der Waals surface area contributed by atoms with Crippen molar-refractivity contribution in [3.05, 3.63) is 42.0 Å². The fourth-order valence-electron chi connectivity index (χ4n) is 1.41. The average Bonchev–Trinajstić information content (AvgIpc) is 2.27. The van der Waals surface area contributed by atoms with Crippen LogP contribution in [0.2, 0.25) is 0 Å². The molecule has 17 heavy (non-hydrogen) atoms. The second-order valence-corrected chi connectivity index (χ2v) is 3.70. The van der Waals surface area contributed by atoms with Crippen molar-refractivity contribution in [1.29, 1.82) is 0 Å². The van der Waals surface area contributed by atoms with Crippen molar-refractivity contribution >= 4 is 17.8 Å². The molecule has 2 atom stereocenters. The number of rotatable bonds is 5. The Kier molecular flexibility index (Phi) is 4.60. The summed E-state index contributed by atoms with van der Waals surface area (Å²) in [5, 5.41) is 18.0. The van der Waals surface area contributed by atoms with Gasteiger partial charge in [0.05, 0.1) is 6.10 Å². The molecule has 0 bridgehead atoms. The molecule has 1 aromatic carbocycles. The van der Waals surface area contributed by atoms with Gasteiger partial charge in [-0.3, -0.25) is 9.59 Å². The number of aliphatic hydroxyl groups excluding tert-OH is 1. The summed E-state index contributed by atoms with van der Waals surface area (Å²) >= 11 is 0. The second kappa shape index (κ2) is 5.96. The maximum absolute atomic E-state index is 11.6. The molecule has 0 saturated carbocycles. The highest BCUT2D eigenvalue weighted by Crippen LogP contribution is 2.09. The summed E-state index contributed by atoms with van der Waals surface area (Å²) in [7, 11) is 0. The van der Waals surface area contributed by atoms with E-state index in [0.717, 1.165) is 5.56 Å². The molecule has 0 saturated heterocycles. The third-order valence-corrected chi connectivity index (χ3v) is 2.29. The van der Waals surface area contributed by atoms with Gasteiger partial charge in [-0.15, -0.1) is 0 Å². The number of allylic oxidation sites excluding steroid dienone is 1. The monoisotopic (exact) mass is 234 g/mol. The predicted molar refractivity (Wildman–Crippen MR) is 63.3 cm³/mol. The van der Waals surface area contributed by atoms with Crippen LogP contribution in [0.1, 0.15) is 12.5 Å². The predicted octanol–water partition coefficient (Wildman–Crippen LogP) is 1.35. The van der Waals surface area contributed by atoms with Crippen molar-refractivity contribution in [2.45, 2.75) is 13.0 Å². The Labute approximate surface area is 99.2 Å². The molecule has 0 aliphatic rings. The van der Waals surface area contributed by atoms with Gasteiger partial charge in [0.1, 0.15) is 5.92 Å². The van der Waals surface area contributed by atoms with E-state index < -0.39 is 23.8 Å². The molecule has 1 rings (SSSR count). The van der Waals surface area contributed by atoms with E-state index in [1.54, 1.807) is 12.1 Å². The summed E-state index contributed by atoms with van der Waals surface area (Å²) in [4.78, 5) is 22.4. The lowest BCUT2D eigenvalue weighted by molar-refractivity contribution is -0.148. The van der Waals surface area contributed by atoms with E-state index in [-0.39, 0.29) is 0 Å². The molecule has 0 aliphatic heterocycles. The Hall–Kier alpha value is -1.94. The molecule has 0 radical (unpaired) electrons. The van der Waals surface area contributed by atoms with Gasteiger partial charge >= 0.3 is 5.97 Å². The van der Waals surface area contributed by atoms with Gasteiger partial charge in [0.15, 0.2) is 5.78 Å². The molecule has 0 spiro atoms. The highest BCUT2D eigenvalue weighted by atomic mass is 16.4. The molecule has 0 amide bonds. The van der Waals surface area contributed by atoms with Crippen LogP contribution in [-0.2, 0) is 9.59 Å². The molecule has 4 heteroatoms. The molecular formula is C13H14O4. The van der Waals surface area contributed by atoms with Crippen molar-refractivity contribution in [2.24, 2.45) is 5.92 Å². The van der Waals surface area contributed by atoms with E-state index in [0.29, 0.717) is 0 Å². The number of aliphatic carboxylic acids is 1. The van der Waals surface area contributed by atoms with E-state index in [2.05, 4.69) is 0 Å². The molecule has 1 aromatic rings. The summed E-state index contributed by atoms with van der Waals surface area (Å²) < 4.78 is 0. The third-order valence-electron chi connectivity index (χ3n) is 2.29. The summed E-state index contributed by atoms with van der Waals surface area (Å²) in [6.45, 7) is 1.28. The SMILES string of the molecule is CC(O)C(C(=O)O)C(=O)C=Cc1ccccc1. The number of benzene rings is 1. The van der Waals surface area contributed by atoms with Gasteiger partial charge in [0.25, 0.3) is 0 Å². The van der Waals surface area contributed by atoms with Crippen LogP contribution in [0.4, 0.5) is 0 Å². The Morgan fingerprint density at radius 2 is 1.82 bits per heavy atom. The first kappa shape index (κ1) is 13.1. The maximum atomic E-state index is 11.6. The highest BCUT2D eigenvalue weighted by Gasteiger charge is 2.28. The van der Waals surface area contributed by atoms with Gasteiger partial charge in [-0.05, 0) is 18.6 Å². The zero-order valence-electron chi connectivity index (χ0n) is 9.41. The molecule has 0 aromatic heterocycles. The van der Waals surface area contributed by atoms with Crippen LogP contribution in [0.25, 0.3) is 6.08 Å². The minimum absolute atomic E-state index is 0.614. The highest BCUT2D eigenvalue weighted by molar-refractivity contribution is 6.06. The van der Waals surface area contributed by atoms with Crippen LogP contribution in [0, 0.1) is 5.92 Å². The van der Waals surface area contributed by atoms with Gasteiger partial charge in [-0.2, -0.15) is 0 Å². The first-order valence-corrected chi connectivity index (χ1v) is 5.20. The molecule has 90 valence electrons. The number of ketones is 1. The third kappa shape index (κ3) is 3.85. The Balaban J connectivity index is 2.78. The van der Waals surface area contributed by atoms with Gasteiger partial charge < -0.3 is 10.2 Å².